The Morgan fingerprint density at radius 1 is 1.04 bits per heavy atom. The van der Waals surface area contributed by atoms with E-state index in [0.29, 0.717) is 10.2 Å². The molecule has 3 aromatic carbocycles. The summed E-state index contributed by atoms with van der Waals surface area (Å²) in [7, 11) is 0. The molecule has 0 saturated carbocycles. The van der Waals surface area contributed by atoms with Gasteiger partial charge in [0.15, 0.2) is 17.7 Å². The van der Waals surface area contributed by atoms with Gasteiger partial charge in [-0.25, -0.2) is 4.39 Å². The van der Waals surface area contributed by atoms with Crippen LogP contribution in [0.15, 0.2) is 77.3 Å². The van der Waals surface area contributed by atoms with Gasteiger partial charge in [0.05, 0.1) is 0 Å². The molecule has 0 aliphatic rings. The van der Waals surface area contributed by atoms with E-state index in [0.717, 1.165) is 11.1 Å². The van der Waals surface area contributed by atoms with Gasteiger partial charge in [-0.3, -0.25) is 4.79 Å². The van der Waals surface area contributed by atoms with Crippen LogP contribution < -0.4 is 10.1 Å². The fourth-order valence-corrected chi connectivity index (χ4v) is 2.84. The van der Waals surface area contributed by atoms with Crippen LogP contribution in [-0.4, -0.2) is 12.0 Å². The number of rotatable bonds is 5. The standard InChI is InChI=1S/C21H17BrFNO2/c1-14(26-20-12-11-16(22)13-18(20)23)21(25)24-19-10-6-5-9-17(19)15-7-3-2-4-8-15/h2-14H,1H3,(H,24,25)/t14-/m0/s1. The first-order valence-electron chi connectivity index (χ1n) is 8.11. The summed E-state index contributed by atoms with van der Waals surface area (Å²) in [5.74, 6) is -0.841. The van der Waals surface area contributed by atoms with Crippen molar-refractivity contribution in [2.75, 3.05) is 5.32 Å². The van der Waals surface area contributed by atoms with Gasteiger partial charge in [0.2, 0.25) is 0 Å². The predicted molar refractivity (Wildman–Crippen MR) is 105 cm³/mol. The van der Waals surface area contributed by atoms with Crippen molar-refractivity contribution in [1.82, 2.24) is 0 Å². The number of hydrogen-bond donors (Lipinski definition) is 1. The summed E-state index contributed by atoms with van der Waals surface area (Å²) >= 11 is 3.19. The Morgan fingerprint density at radius 2 is 1.73 bits per heavy atom. The molecule has 0 unspecified atom stereocenters. The van der Waals surface area contributed by atoms with Crippen LogP contribution in [0.4, 0.5) is 10.1 Å². The number of amides is 1. The van der Waals surface area contributed by atoms with E-state index in [-0.39, 0.29) is 11.7 Å². The molecule has 0 aromatic heterocycles. The lowest BCUT2D eigenvalue weighted by Gasteiger charge is -2.17. The Kier molecular flexibility index (Phi) is 5.68. The lowest BCUT2D eigenvalue weighted by molar-refractivity contribution is -0.122. The number of halogens is 2. The maximum Gasteiger partial charge on any atom is 0.265 e. The number of ether oxygens (including phenoxy) is 1. The van der Waals surface area contributed by atoms with Crippen LogP contribution in [0.5, 0.6) is 5.75 Å². The Hall–Kier alpha value is -2.66. The van der Waals surface area contributed by atoms with E-state index >= 15 is 0 Å². The average Bonchev–Trinajstić information content (AvgIpc) is 2.65. The molecule has 26 heavy (non-hydrogen) atoms. The summed E-state index contributed by atoms with van der Waals surface area (Å²) in [5.41, 5.74) is 2.58. The van der Waals surface area contributed by atoms with E-state index in [1.807, 2.05) is 54.6 Å². The molecular formula is C21H17BrFNO2. The van der Waals surface area contributed by atoms with Crippen molar-refractivity contribution in [2.24, 2.45) is 0 Å². The van der Waals surface area contributed by atoms with E-state index < -0.39 is 11.9 Å². The van der Waals surface area contributed by atoms with Crippen LogP contribution >= 0.6 is 15.9 Å². The van der Waals surface area contributed by atoms with Crippen LogP contribution in [0.3, 0.4) is 0 Å². The molecule has 0 aliphatic heterocycles. The third-order valence-electron chi connectivity index (χ3n) is 3.84. The van der Waals surface area contributed by atoms with E-state index in [1.165, 1.54) is 12.1 Å². The van der Waals surface area contributed by atoms with Crippen LogP contribution in [0.2, 0.25) is 0 Å². The monoisotopic (exact) mass is 413 g/mol. The molecule has 0 aliphatic carbocycles. The SMILES string of the molecule is C[C@H](Oc1ccc(Br)cc1F)C(=O)Nc1ccccc1-c1ccccc1. The molecule has 3 aromatic rings. The molecule has 0 bridgehead atoms. The second kappa shape index (κ2) is 8.15. The van der Waals surface area contributed by atoms with Gasteiger partial charge in [-0.2, -0.15) is 0 Å². The van der Waals surface area contributed by atoms with Gasteiger partial charge in [-0.05, 0) is 36.8 Å². The summed E-state index contributed by atoms with van der Waals surface area (Å²) in [5, 5.41) is 2.86. The minimum atomic E-state index is -0.852. The number of benzene rings is 3. The number of nitrogens with one attached hydrogen (secondary N) is 1. The maximum absolute atomic E-state index is 13.9. The quantitative estimate of drug-likeness (QED) is 0.585. The lowest BCUT2D eigenvalue weighted by atomic mass is 10.0. The second-order valence-corrected chi connectivity index (χ2v) is 6.65. The summed E-state index contributed by atoms with van der Waals surface area (Å²) < 4.78 is 20.0. The van der Waals surface area contributed by atoms with Crippen LogP contribution in [0.1, 0.15) is 6.92 Å². The fourth-order valence-electron chi connectivity index (χ4n) is 2.51. The van der Waals surface area contributed by atoms with Gasteiger partial charge in [0.25, 0.3) is 5.91 Å². The van der Waals surface area contributed by atoms with Gasteiger partial charge in [-0.1, -0.05) is 64.5 Å². The highest BCUT2D eigenvalue weighted by Gasteiger charge is 2.18. The number of anilines is 1. The first-order chi connectivity index (χ1) is 12.5. The number of carbonyl (C=O) groups is 1. The van der Waals surface area contributed by atoms with Gasteiger partial charge < -0.3 is 10.1 Å². The molecule has 0 heterocycles. The summed E-state index contributed by atoms with van der Waals surface area (Å²) in [4.78, 5) is 12.5. The average molecular weight is 414 g/mol. The molecule has 1 amide bonds. The molecule has 132 valence electrons. The number of para-hydroxylation sites is 1. The van der Waals surface area contributed by atoms with Crippen molar-refractivity contribution < 1.29 is 13.9 Å². The zero-order valence-electron chi connectivity index (χ0n) is 14.1. The van der Waals surface area contributed by atoms with Crippen LogP contribution in [-0.2, 0) is 4.79 Å². The van der Waals surface area contributed by atoms with Crippen molar-refractivity contribution >= 4 is 27.5 Å². The molecule has 5 heteroatoms. The first kappa shape index (κ1) is 18.1. The zero-order valence-corrected chi connectivity index (χ0v) is 15.7. The molecule has 1 N–H and O–H groups in total. The maximum atomic E-state index is 13.9. The van der Waals surface area contributed by atoms with Gasteiger partial charge in [0, 0.05) is 15.7 Å². The summed E-state index contributed by atoms with van der Waals surface area (Å²) in [6.07, 6.45) is -0.852. The third-order valence-corrected chi connectivity index (χ3v) is 4.33. The smallest absolute Gasteiger partial charge is 0.265 e. The van der Waals surface area contributed by atoms with Crippen molar-refractivity contribution in [3.05, 3.63) is 83.1 Å². The van der Waals surface area contributed by atoms with Crippen molar-refractivity contribution in [2.45, 2.75) is 13.0 Å². The van der Waals surface area contributed by atoms with Crippen LogP contribution in [0.25, 0.3) is 11.1 Å². The zero-order chi connectivity index (χ0) is 18.5. The minimum absolute atomic E-state index is 0.0344. The molecule has 0 saturated heterocycles. The molecule has 1 atom stereocenters. The predicted octanol–water partition coefficient (Wildman–Crippen LogP) is 5.66. The molecule has 0 radical (unpaired) electrons. The summed E-state index contributed by atoms with van der Waals surface area (Å²) in [6, 6.07) is 21.7. The highest BCUT2D eigenvalue weighted by Crippen LogP contribution is 2.28. The molecular weight excluding hydrogens is 397 g/mol. The highest BCUT2D eigenvalue weighted by atomic mass is 79.9. The molecule has 3 nitrogen and oxygen atoms in total. The third kappa shape index (κ3) is 4.29. The number of hydrogen-bond acceptors (Lipinski definition) is 2. The fraction of sp³-hybridized carbons (Fsp3) is 0.0952. The van der Waals surface area contributed by atoms with E-state index in [2.05, 4.69) is 21.2 Å². The molecule has 3 rings (SSSR count). The Labute approximate surface area is 159 Å². The lowest BCUT2D eigenvalue weighted by Crippen LogP contribution is -2.30. The van der Waals surface area contributed by atoms with Crippen molar-refractivity contribution in [1.29, 1.82) is 0 Å². The van der Waals surface area contributed by atoms with Gasteiger partial charge >= 0.3 is 0 Å². The Bertz CT molecular complexity index is 915. The van der Waals surface area contributed by atoms with Crippen molar-refractivity contribution in [3.8, 4) is 16.9 Å². The topological polar surface area (TPSA) is 38.3 Å². The van der Waals surface area contributed by atoms with E-state index in [4.69, 9.17) is 4.74 Å². The minimum Gasteiger partial charge on any atom is -0.478 e. The van der Waals surface area contributed by atoms with Gasteiger partial charge in [0.1, 0.15) is 0 Å². The molecule has 0 spiro atoms. The largest absolute Gasteiger partial charge is 0.478 e. The van der Waals surface area contributed by atoms with Crippen LogP contribution in [0, 0.1) is 5.82 Å². The Morgan fingerprint density at radius 3 is 2.46 bits per heavy atom. The second-order valence-electron chi connectivity index (χ2n) is 5.74. The molecule has 0 fully saturated rings. The Balaban J connectivity index is 1.76. The highest BCUT2D eigenvalue weighted by molar-refractivity contribution is 9.10. The normalized spacial score (nSPS) is 11.7. The van der Waals surface area contributed by atoms with Crippen molar-refractivity contribution in [3.63, 3.8) is 0 Å². The number of carbonyl (C=O) groups excluding carboxylic acids is 1. The van der Waals surface area contributed by atoms with E-state index in [9.17, 15) is 9.18 Å². The first-order valence-corrected chi connectivity index (χ1v) is 8.91. The van der Waals surface area contributed by atoms with E-state index in [1.54, 1.807) is 13.0 Å². The summed E-state index contributed by atoms with van der Waals surface area (Å²) in [6.45, 7) is 1.59. The van der Waals surface area contributed by atoms with Gasteiger partial charge in [-0.15, -0.1) is 0 Å².